The molecule has 0 spiro atoms. The number of aromatic carboxylic acids is 1. The van der Waals surface area contributed by atoms with E-state index in [1.54, 1.807) is 13.8 Å². The predicted octanol–water partition coefficient (Wildman–Crippen LogP) is 2.70. The van der Waals surface area contributed by atoms with Crippen molar-refractivity contribution in [2.75, 3.05) is 32.0 Å². The number of primary amides is 1. The smallest absolute Gasteiger partial charge is 0.352 e. The minimum atomic E-state index is -4.40. The standard InChI is InChI=1S/C31H31F2N7O7S/c1-31(2)15-39(48(45,46)19-8-16(32)7-17(33)9-19)14-22-26(31)36-37-28(22)35-29(42)21-10-24(40-6-4-5-23(40)30(43)44)25(11-20(21)27(34)41)47-18-12-38(3)13-18/h4-11,18H,12-15H2,1-3H3,(H2,34,41)(H,43,44)(H2,35,36,37,42). The Balaban J connectivity index is 1.38. The van der Waals surface area contributed by atoms with E-state index in [1.807, 2.05) is 11.9 Å². The molecule has 17 heteroatoms. The summed E-state index contributed by atoms with van der Waals surface area (Å²) in [5, 5.41) is 19.5. The average molecular weight is 684 g/mol. The number of likely N-dealkylation sites (tertiary alicyclic amines) is 1. The van der Waals surface area contributed by atoms with Crippen LogP contribution in [0, 0.1) is 11.6 Å². The number of aromatic nitrogens is 3. The summed E-state index contributed by atoms with van der Waals surface area (Å²) in [6.07, 6.45) is 1.20. The number of halogens is 2. The van der Waals surface area contributed by atoms with Crippen molar-refractivity contribution < 1.29 is 41.4 Å². The van der Waals surface area contributed by atoms with Crippen LogP contribution in [0.25, 0.3) is 5.69 Å². The van der Waals surface area contributed by atoms with Gasteiger partial charge < -0.3 is 25.5 Å². The molecule has 14 nitrogen and oxygen atoms in total. The number of rotatable bonds is 9. The molecule has 2 aliphatic rings. The second kappa shape index (κ2) is 11.8. The van der Waals surface area contributed by atoms with Crippen LogP contribution in [0.1, 0.15) is 56.3 Å². The number of nitrogens with two attached hydrogens (primary N) is 1. The van der Waals surface area contributed by atoms with E-state index in [-0.39, 0.29) is 58.8 Å². The maximum absolute atomic E-state index is 14.0. The molecule has 2 aromatic heterocycles. The van der Waals surface area contributed by atoms with Crippen LogP contribution in [0.3, 0.4) is 0 Å². The van der Waals surface area contributed by atoms with Gasteiger partial charge in [0.05, 0.1) is 21.7 Å². The summed E-state index contributed by atoms with van der Waals surface area (Å²) in [4.78, 5) is 40.0. The van der Waals surface area contributed by atoms with Crippen molar-refractivity contribution >= 4 is 33.6 Å². The third-order valence-corrected chi connectivity index (χ3v) is 10.1. The van der Waals surface area contributed by atoms with Gasteiger partial charge in [0.2, 0.25) is 15.9 Å². The van der Waals surface area contributed by atoms with E-state index >= 15 is 0 Å². The number of nitrogens with one attached hydrogen (secondary N) is 2. The summed E-state index contributed by atoms with van der Waals surface area (Å²) in [6, 6.07) is 7.45. The van der Waals surface area contributed by atoms with Crippen molar-refractivity contribution in [1.82, 2.24) is 24.0 Å². The average Bonchev–Trinajstić information content (AvgIpc) is 3.63. The number of likely N-dealkylation sites (N-methyl/N-ethyl adjacent to an activating group) is 1. The number of amides is 2. The molecule has 5 N–H and O–H groups in total. The van der Waals surface area contributed by atoms with Crippen molar-refractivity contribution in [1.29, 1.82) is 0 Å². The molecule has 0 unspecified atom stereocenters. The summed E-state index contributed by atoms with van der Waals surface area (Å²) in [5.74, 6) is -5.11. The fraction of sp³-hybridized carbons (Fsp3) is 0.290. The number of hydrogen-bond donors (Lipinski definition) is 4. The molecule has 48 heavy (non-hydrogen) atoms. The Labute approximate surface area is 273 Å². The number of aromatic amines is 1. The highest BCUT2D eigenvalue weighted by molar-refractivity contribution is 7.89. The van der Waals surface area contributed by atoms with Gasteiger partial charge in [0.15, 0.2) is 5.82 Å². The summed E-state index contributed by atoms with van der Waals surface area (Å²) >= 11 is 0. The lowest BCUT2D eigenvalue weighted by Gasteiger charge is -2.37. The molecule has 0 aliphatic carbocycles. The van der Waals surface area contributed by atoms with Gasteiger partial charge in [-0.25, -0.2) is 22.0 Å². The van der Waals surface area contributed by atoms with Gasteiger partial charge in [-0.15, -0.1) is 0 Å². The zero-order valence-corrected chi connectivity index (χ0v) is 26.8. The zero-order chi connectivity index (χ0) is 34.7. The highest BCUT2D eigenvalue weighted by Crippen LogP contribution is 2.38. The van der Waals surface area contributed by atoms with Gasteiger partial charge in [0.25, 0.3) is 5.91 Å². The third kappa shape index (κ3) is 5.91. The number of carboxylic acids is 1. The molecule has 1 saturated heterocycles. The number of carbonyl (C=O) groups is 3. The van der Waals surface area contributed by atoms with E-state index in [1.165, 1.54) is 35.0 Å². The van der Waals surface area contributed by atoms with E-state index in [9.17, 15) is 36.7 Å². The third-order valence-electron chi connectivity index (χ3n) is 8.32. The van der Waals surface area contributed by atoms with Crippen LogP contribution in [0.5, 0.6) is 5.75 Å². The normalized spacial score (nSPS) is 16.6. The van der Waals surface area contributed by atoms with Gasteiger partial charge in [-0.3, -0.25) is 19.6 Å². The van der Waals surface area contributed by atoms with Crippen molar-refractivity contribution in [2.45, 2.75) is 36.8 Å². The van der Waals surface area contributed by atoms with Gasteiger partial charge >= 0.3 is 5.97 Å². The van der Waals surface area contributed by atoms with Gasteiger partial charge in [0.1, 0.15) is 29.2 Å². The molecule has 4 heterocycles. The van der Waals surface area contributed by atoms with Crippen LogP contribution in [0.4, 0.5) is 14.6 Å². The molecule has 0 bridgehead atoms. The van der Waals surface area contributed by atoms with E-state index in [0.29, 0.717) is 24.8 Å². The number of anilines is 1. The quantitative estimate of drug-likeness (QED) is 0.205. The maximum atomic E-state index is 14.0. The molecule has 2 aromatic carbocycles. The van der Waals surface area contributed by atoms with Crippen molar-refractivity contribution in [3.63, 3.8) is 0 Å². The minimum Gasteiger partial charge on any atom is -0.486 e. The van der Waals surface area contributed by atoms with Crippen molar-refractivity contribution in [3.05, 3.63) is 88.4 Å². The Bertz CT molecular complexity index is 2070. The lowest BCUT2D eigenvalue weighted by atomic mass is 9.84. The Hall–Kier alpha value is -5.13. The molecular weight excluding hydrogens is 652 g/mol. The van der Waals surface area contributed by atoms with Crippen LogP contribution in [0.2, 0.25) is 0 Å². The predicted molar refractivity (Wildman–Crippen MR) is 167 cm³/mol. The summed E-state index contributed by atoms with van der Waals surface area (Å²) in [7, 11) is -2.51. The van der Waals surface area contributed by atoms with Gasteiger partial charge in [0, 0.05) is 55.1 Å². The van der Waals surface area contributed by atoms with Crippen molar-refractivity contribution in [2.24, 2.45) is 5.73 Å². The first-order valence-corrected chi connectivity index (χ1v) is 16.1. The molecule has 4 aromatic rings. The van der Waals surface area contributed by atoms with Gasteiger partial charge in [-0.1, -0.05) is 13.8 Å². The van der Waals surface area contributed by atoms with Crippen molar-refractivity contribution in [3.8, 4) is 11.4 Å². The molecule has 252 valence electrons. The number of fused-ring (bicyclic) bond motifs is 1. The van der Waals surface area contributed by atoms with Crippen LogP contribution in [-0.4, -0.2) is 88.1 Å². The summed E-state index contributed by atoms with van der Waals surface area (Å²) in [6.45, 7) is 4.23. The number of carbonyl (C=O) groups excluding carboxylic acids is 2. The van der Waals surface area contributed by atoms with E-state index < -0.39 is 49.8 Å². The molecule has 1 fully saturated rings. The second-order valence-corrected chi connectivity index (χ2v) is 14.3. The fourth-order valence-corrected chi connectivity index (χ4v) is 7.62. The molecule has 0 radical (unpaired) electrons. The molecule has 0 atom stereocenters. The van der Waals surface area contributed by atoms with Crippen LogP contribution in [0.15, 0.2) is 53.6 Å². The Morgan fingerprint density at radius 1 is 1.10 bits per heavy atom. The van der Waals surface area contributed by atoms with Gasteiger partial charge in [-0.2, -0.15) is 9.40 Å². The summed E-state index contributed by atoms with van der Waals surface area (Å²) in [5.41, 5.74) is 5.19. The molecular formula is C31H31F2N7O7S. The number of sulfonamides is 1. The Morgan fingerprint density at radius 3 is 2.42 bits per heavy atom. The minimum absolute atomic E-state index is 0.0598. The number of benzene rings is 2. The fourth-order valence-electron chi connectivity index (χ4n) is 6.01. The zero-order valence-electron chi connectivity index (χ0n) is 26.0. The highest BCUT2D eigenvalue weighted by Gasteiger charge is 2.41. The second-order valence-electron chi connectivity index (χ2n) is 12.4. The first-order chi connectivity index (χ1) is 22.5. The Morgan fingerprint density at radius 2 is 1.79 bits per heavy atom. The number of nitrogens with zero attached hydrogens (tertiary/aromatic N) is 4. The molecule has 0 saturated carbocycles. The lowest BCUT2D eigenvalue weighted by molar-refractivity contribution is 0.0387. The number of hydrogen-bond acceptors (Lipinski definition) is 8. The van der Waals surface area contributed by atoms with E-state index in [2.05, 4.69) is 15.5 Å². The topological polar surface area (TPSA) is 193 Å². The molecule has 2 aliphatic heterocycles. The van der Waals surface area contributed by atoms with Crippen LogP contribution < -0.4 is 15.8 Å². The maximum Gasteiger partial charge on any atom is 0.352 e. The first-order valence-electron chi connectivity index (χ1n) is 14.6. The molecule has 2 amide bonds. The number of ether oxygens (including phenoxy) is 1. The SMILES string of the molecule is CN1CC(Oc2cc(C(N)=O)c(C(=O)Nc3n[nH]c4c3CN(S(=O)(=O)c3cc(F)cc(F)c3)CC4(C)C)cc2-n2cccc2C(=O)O)C1. The van der Waals surface area contributed by atoms with E-state index in [4.69, 9.17) is 10.5 Å². The van der Waals surface area contributed by atoms with Gasteiger partial charge in [-0.05, 0) is 43.4 Å². The number of carboxylic acid groups (broad SMARTS) is 1. The lowest BCUT2D eigenvalue weighted by Crippen LogP contribution is -2.51. The summed E-state index contributed by atoms with van der Waals surface area (Å²) < 4.78 is 63.4. The number of H-pyrrole nitrogens is 1. The highest BCUT2D eigenvalue weighted by atomic mass is 32.2. The first kappa shape index (κ1) is 32.8. The Kier molecular flexibility index (Phi) is 8.09. The largest absolute Gasteiger partial charge is 0.486 e. The monoisotopic (exact) mass is 683 g/mol. The van der Waals surface area contributed by atoms with Crippen LogP contribution >= 0.6 is 0 Å². The molecule has 6 rings (SSSR count). The van der Waals surface area contributed by atoms with Crippen LogP contribution in [-0.2, 0) is 22.0 Å². The van der Waals surface area contributed by atoms with E-state index in [0.717, 1.165) is 16.4 Å².